The van der Waals surface area contributed by atoms with Gasteiger partial charge < -0.3 is 26.2 Å². The van der Waals surface area contributed by atoms with Crippen LogP contribution < -0.4 is 5.73 Å². The van der Waals surface area contributed by atoms with E-state index in [1.807, 2.05) is 31.2 Å². The molecular weight excluding hydrogens is 476 g/mol. The fraction of sp³-hybridized carbons (Fsp3) is 0.393. The SMILES string of the molecule is CCCc1ccc2cc3c(c(O)c2c1)C(O)=C1C(=O)[C@]2(O)C(O)=C(C(N)=O)C(=O)[C@@H](N(C)C)[C@@H]2C[C@@H]1C3. The summed E-state index contributed by atoms with van der Waals surface area (Å²) in [5.74, 6) is -6.43. The molecule has 9 nitrogen and oxygen atoms in total. The Kier molecular flexibility index (Phi) is 5.69. The maximum atomic E-state index is 13.9. The zero-order valence-corrected chi connectivity index (χ0v) is 20.9. The highest BCUT2D eigenvalue weighted by Crippen LogP contribution is 2.53. The summed E-state index contributed by atoms with van der Waals surface area (Å²) in [7, 11) is 3.15. The van der Waals surface area contributed by atoms with Crippen molar-refractivity contribution in [2.45, 2.75) is 44.2 Å². The number of primary amides is 1. The van der Waals surface area contributed by atoms with Crippen molar-refractivity contribution in [3.63, 3.8) is 0 Å². The van der Waals surface area contributed by atoms with E-state index in [0.29, 0.717) is 10.9 Å². The normalized spacial score (nSPS) is 27.4. The zero-order chi connectivity index (χ0) is 27.0. The number of rotatable bonds is 4. The minimum atomic E-state index is -2.63. The standard InChI is InChI=1S/C28H30N2O7/c1-4-5-12-6-7-13-9-14-10-15-11-17-21(30(2)3)24(33)20(27(29)36)26(35)28(17,37)25(34)19(15)23(32)18(14)22(31)16(13)8-12/h6-9,15,17,21,31-32,35,37H,4-5,10-11H2,1-3H3,(H2,29,36)/t15-,17-,21-,28-/m0/s1. The summed E-state index contributed by atoms with van der Waals surface area (Å²) in [6.07, 6.45) is 2.08. The van der Waals surface area contributed by atoms with Crippen molar-refractivity contribution in [1.29, 1.82) is 0 Å². The molecule has 0 bridgehead atoms. The van der Waals surface area contributed by atoms with Crippen molar-refractivity contribution in [3.8, 4) is 5.75 Å². The number of nitrogens with zero attached hydrogens (tertiary/aromatic N) is 1. The molecule has 0 heterocycles. The summed E-state index contributed by atoms with van der Waals surface area (Å²) >= 11 is 0. The predicted octanol–water partition coefficient (Wildman–Crippen LogP) is 2.07. The largest absolute Gasteiger partial charge is 0.508 e. The van der Waals surface area contributed by atoms with Crippen LogP contribution in [0.1, 0.15) is 36.5 Å². The Hall–Kier alpha value is -3.69. The molecule has 4 atom stereocenters. The highest BCUT2D eigenvalue weighted by atomic mass is 16.3. The molecule has 0 radical (unpaired) electrons. The smallest absolute Gasteiger partial charge is 0.255 e. The van der Waals surface area contributed by atoms with Gasteiger partial charge in [-0.2, -0.15) is 0 Å². The highest BCUT2D eigenvalue weighted by Gasteiger charge is 2.64. The molecule has 1 fully saturated rings. The number of phenolic OH excluding ortho intramolecular Hbond substituents is 1. The van der Waals surface area contributed by atoms with Crippen molar-refractivity contribution < 1.29 is 34.8 Å². The lowest BCUT2D eigenvalue weighted by Crippen LogP contribution is -2.65. The lowest BCUT2D eigenvalue weighted by atomic mass is 9.57. The van der Waals surface area contributed by atoms with Crippen molar-refractivity contribution >= 4 is 34.0 Å². The minimum absolute atomic E-state index is 0.0694. The number of ketones is 2. The first-order valence-corrected chi connectivity index (χ1v) is 12.4. The van der Waals surface area contributed by atoms with Crippen molar-refractivity contribution in [2.24, 2.45) is 17.6 Å². The summed E-state index contributed by atoms with van der Waals surface area (Å²) < 4.78 is 0. The molecule has 194 valence electrons. The molecule has 3 aliphatic rings. The van der Waals surface area contributed by atoms with Gasteiger partial charge in [0.15, 0.2) is 11.4 Å². The van der Waals surface area contributed by atoms with Crippen molar-refractivity contribution in [3.05, 3.63) is 57.9 Å². The second-order valence-electron chi connectivity index (χ2n) is 10.5. The van der Waals surface area contributed by atoms with E-state index in [4.69, 9.17) is 5.73 Å². The van der Waals surface area contributed by atoms with Gasteiger partial charge in [0.05, 0.1) is 11.6 Å². The average Bonchev–Trinajstić information content (AvgIpc) is 2.81. The number of hydrogen-bond acceptors (Lipinski definition) is 8. The number of aromatic hydroxyl groups is 1. The molecule has 6 N–H and O–H groups in total. The minimum Gasteiger partial charge on any atom is -0.508 e. The third-order valence-corrected chi connectivity index (χ3v) is 8.13. The van der Waals surface area contributed by atoms with E-state index in [1.54, 1.807) is 14.1 Å². The van der Waals surface area contributed by atoms with Crippen LogP contribution >= 0.6 is 0 Å². The summed E-state index contributed by atoms with van der Waals surface area (Å²) in [6.45, 7) is 2.05. The van der Waals surface area contributed by atoms with Crippen molar-refractivity contribution in [1.82, 2.24) is 4.90 Å². The monoisotopic (exact) mass is 506 g/mol. The number of Topliss-reactive ketones (excluding diaryl/α,β-unsaturated/α-hetero) is 2. The third-order valence-electron chi connectivity index (χ3n) is 8.13. The maximum Gasteiger partial charge on any atom is 0.255 e. The first-order valence-electron chi connectivity index (χ1n) is 12.4. The number of amides is 1. The summed E-state index contributed by atoms with van der Waals surface area (Å²) in [6, 6.07) is 6.53. The number of nitrogens with two attached hydrogens (primary N) is 1. The van der Waals surface area contributed by atoms with Crippen LogP contribution in [0, 0.1) is 11.8 Å². The molecule has 5 rings (SSSR count). The molecule has 2 aromatic rings. The summed E-state index contributed by atoms with van der Waals surface area (Å²) in [5.41, 5.74) is 3.52. The van der Waals surface area contributed by atoms with Gasteiger partial charge in [-0.15, -0.1) is 0 Å². The Labute approximate surface area is 213 Å². The summed E-state index contributed by atoms with van der Waals surface area (Å²) in [4.78, 5) is 40.6. The second-order valence-corrected chi connectivity index (χ2v) is 10.5. The maximum absolute atomic E-state index is 13.9. The number of aryl methyl sites for hydroxylation is 1. The molecule has 0 aliphatic heterocycles. The summed E-state index contributed by atoms with van der Waals surface area (Å²) in [5, 5.41) is 46.5. The molecule has 37 heavy (non-hydrogen) atoms. The number of hydrogen-bond donors (Lipinski definition) is 5. The van der Waals surface area contributed by atoms with Gasteiger partial charge in [0.2, 0.25) is 5.78 Å². The number of carbonyl (C=O) groups excluding carboxylic acids is 3. The number of benzene rings is 2. The van der Waals surface area contributed by atoms with E-state index in [0.717, 1.165) is 23.8 Å². The Morgan fingerprint density at radius 2 is 1.86 bits per heavy atom. The van der Waals surface area contributed by atoms with Crippen LogP contribution in [0.5, 0.6) is 5.75 Å². The van der Waals surface area contributed by atoms with Crippen LogP contribution in [0.25, 0.3) is 16.5 Å². The van der Waals surface area contributed by atoms with E-state index >= 15 is 0 Å². The molecule has 0 saturated heterocycles. The molecule has 0 unspecified atom stereocenters. The van der Waals surface area contributed by atoms with Crippen LogP contribution in [0.4, 0.5) is 0 Å². The first kappa shape index (κ1) is 25.0. The zero-order valence-electron chi connectivity index (χ0n) is 20.9. The number of carbonyl (C=O) groups is 3. The molecule has 0 spiro atoms. The van der Waals surface area contributed by atoms with Gasteiger partial charge in [-0.3, -0.25) is 19.3 Å². The van der Waals surface area contributed by atoms with Gasteiger partial charge in [-0.05, 0) is 61.9 Å². The second kappa shape index (κ2) is 8.43. The quantitative estimate of drug-likeness (QED) is 0.394. The number of fused-ring (bicyclic) bond motifs is 4. The lowest BCUT2D eigenvalue weighted by Gasteiger charge is -2.50. The molecule has 1 amide bonds. The lowest BCUT2D eigenvalue weighted by molar-refractivity contribution is -0.153. The van der Waals surface area contributed by atoms with Crippen LogP contribution in [0.3, 0.4) is 0 Å². The molecule has 2 aromatic carbocycles. The third kappa shape index (κ3) is 3.34. The van der Waals surface area contributed by atoms with Crippen molar-refractivity contribution in [2.75, 3.05) is 14.1 Å². The average molecular weight is 507 g/mol. The van der Waals surface area contributed by atoms with E-state index in [1.165, 1.54) is 4.90 Å². The number of aliphatic hydroxyl groups excluding tert-OH is 2. The Morgan fingerprint density at radius 1 is 1.16 bits per heavy atom. The number of phenols is 1. The predicted molar refractivity (Wildman–Crippen MR) is 136 cm³/mol. The topological polar surface area (TPSA) is 161 Å². The van der Waals surface area contributed by atoms with Gasteiger partial charge >= 0.3 is 0 Å². The molecular formula is C28H30N2O7. The van der Waals surface area contributed by atoms with Gasteiger partial charge in [0.25, 0.3) is 5.91 Å². The molecule has 9 heteroatoms. The first-order chi connectivity index (χ1) is 17.4. The van der Waals surface area contributed by atoms with Crippen LogP contribution in [-0.2, 0) is 27.2 Å². The van der Waals surface area contributed by atoms with E-state index in [9.17, 15) is 34.8 Å². The Bertz CT molecular complexity index is 1450. The molecule has 3 aliphatic carbocycles. The fourth-order valence-corrected chi connectivity index (χ4v) is 6.50. The van der Waals surface area contributed by atoms with E-state index in [-0.39, 0.29) is 29.7 Å². The fourth-order valence-electron chi connectivity index (χ4n) is 6.50. The molecule has 0 aromatic heterocycles. The number of aliphatic hydroxyl groups is 3. The molecule has 1 saturated carbocycles. The van der Waals surface area contributed by atoms with E-state index < -0.39 is 58.0 Å². The Morgan fingerprint density at radius 3 is 2.49 bits per heavy atom. The van der Waals surface area contributed by atoms with E-state index in [2.05, 4.69) is 0 Å². The number of likely N-dealkylation sites (N-methyl/N-ethyl adjacent to an activating group) is 1. The van der Waals surface area contributed by atoms with Gasteiger partial charge in [0.1, 0.15) is 22.8 Å². The van der Waals surface area contributed by atoms with Crippen LogP contribution in [0.15, 0.2) is 41.2 Å². The van der Waals surface area contributed by atoms with Gasteiger partial charge in [0, 0.05) is 16.9 Å². The van der Waals surface area contributed by atoms with Crippen LogP contribution in [-0.4, -0.2) is 68.5 Å². The highest BCUT2D eigenvalue weighted by molar-refractivity contribution is 6.24. The Balaban J connectivity index is 1.73. The van der Waals surface area contributed by atoms with Gasteiger partial charge in [-0.1, -0.05) is 31.5 Å². The van der Waals surface area contributed by atoms with Crippen LogP contribution in [0.2, 0.25) is 0 Å². The van der Waals surface area contributed by atoms with Gasteiger partial charge in [-0.25, -0.2) is 0 Å².